The number of rotatable bonds is 6. The molecule has 0 fully saturated rings. The molecule has 142 valence electrons. The highest BCUT2D eigenvalue weighted by Gasteiger charge is 2.13. The number of fused-ring (bicyclic) bond motifs is 1. The molecule has 0 bridgehead atoms. The molecule has 1 unspecified atom stereocenters. The molecule has 0 aliphatic rings. The standard InChI is InChI=1S/C21H26N4OS/c1-15(26-4)20-24-18(14-27-20)13-25(3)21(22-2)23-12-17-10-7-9-16-8-5-6-11-19(16)17/h5-11,14-15H,12-13H2,1-4H3,(H,22,23). The second kappa shape index (κ2) is 8.97. The van der Waals surface area contributed by atoms with E-state index in [2.05, 4.69) is 68.0 Å². The minimum atomic E-state index is 0.0258. The molecular formula is C21H26N4OS. The molecule has 0 radical (unpaired) electrons. The fourth-order valence-corrected chi connectivity index (χ4v) is 3.85. The van der Waals surface area contributed by atoms with Crippen molar-refractivity contribution in [1.82, 2.24) is 15.2 Å². The zero-order valence-electron chi connectivity index (χ0n) is 16.3. The highest BCUT2D eigenvalue weighted by Crippen LogP contribution is 2.21. The summed E-state index contributed by atoms with van der Waals surface area (Å²) in [4.78, 5) is 11.2. The predicted octanol–water partition coefficient (Wildman–Crippen LogP) is 4.21. The van der Waals surface area contributed by atoms with E-state index in [-0.39, 0.29) is 6.10 Å². The van der Waals surface area contributed by atoms with Crippen LogP contribution in [-0.2, 0) is 17.8 Å². The Hall–Kier alpha value is -2.44. The zero-order valence-corrected chi connectivity index (χ0v) is 17.1. The number of methoxy groups -OCH3 is 1. The third kappa shape index (κ3) is 4.64. The molecule has 2 aromatic carbocycles. The summed E-state index contributed by atoms with van der Waals surface area (Å²) in [5.74, 6) is 0.845. The van der Waals surface area contributed by atoms with Crippen LogP contribution in [0.1, 0.15) is 29.3 Å². The summed E-state index contributed by atoms with van der Waals surface area (Å²) in [7, 11) is 5.54. The third-order valence-corrected chi connectivity index (χ3v) is 5.61. The van der Waals surface area contributed by atoms with Crippen LogP contribution in [0.5, 0.6) is 0 Å². The molecule has 6 heteroatoms. The van der Waals surface area contributed by atoms with E-state index in [0.717, 1.165) is 23.2 Å². The number of aromatic nitrogens is 1. The van der Waals surface area contributed by atoms with E-state index in [1.165, 1.54) is 16.3 Å². The lowest BCUT2D eigenvalue weighted by molar-refractivity contribution is 0.119. The van der Waals surface area contributed by atoms with Gasteiger partial charge in [-0.2, -0.15) is 0 Å². The van der Waals surface area contributed by atoms with Crippen molar-refractivity contribution < 1.29 is 4.74 Å². The van der Waals surface area contributed by atoms with Crippen LogP contribution < -0.4 is 5.32 Å². The molecule has 0 saturated heterocycles. The Balaban J connectivity index is 1.65. The normalized spacial score (nSPS) is 13.0. The Labute approximate surface area is 164 Å². The number of hydrogen-bond acceptors (Lipinski definition) is 4. The summed E-state index contributed by atoms with van der Waals surface area (Å²) < 4.78 is 5.34. The van der Waals surface area contributed by atoms with E-state index in [0.29, 0.717) is 6.54 Å². The smallest absolute Gasteiger partial charge is 0.194 e. The van der Waals surface area contributed by atoms with Gasteiger partial charge in [0.1, 0.15) is 11.1 Å². The monoisotopic (exact) mass is 382 g/mol. The molecule has 3 rings (SSSR count). The van der Waals surface area contributed by atoms with Gasteiger partial charge in [-0.1, -0.05) is 42.5 Å². The van der Waals surface area contributed by atoms with Crippen LogP contribution in [0.2, 0.25) is 0 Å². The van der Waals surface area contributed by atoms with Gasteiger partial charge in [0.05, 0.1) is 12.2 Å². The van der Waals surface area contributed by atoms with Crippen molar-refractivity contribution in [3.8, 4) is 0 Å². The highest BCUT2D eigenvalue weighted by atomic mass is 32.1. The first kappa shape index (κ1) is 19.3. The van der Waals surface area contributed by atoms with E-state index in [1.54, 1.807) is 25.5 Å². The number of thiazole rings is 1. The fourth-order valence-electron chi connectivity index (χ4n) is 3.01. The van der Waals surface area contributed by atoms with Crippen LogP contribution in [0.4, 0.5) is 0 Å². The van der Waals surface area contributed by atoms with Gasteiger partial charge in [-0.25, -0.2) is 4.98 Å². The van der Waals surface area contributed by atoms with Crippen molar-refractivity contribution in [2.45, 2.75) is 26.1 Å². The van der Waals surface area contributed by atoms with Crippen molar-refractivity contribution in [1.29, 1.82) is 0 Å². The molecule has 5 nitrogen and oxygen atoms in total. The number of nitrogens with one attached hydrogen (secondary N) is 1. The Morgan fingerprint density at radius 1 is 1.26 bits per heavy atom. The van der Waals surface area contributed by atoms with Gasteiger partial charge in [-0.15, -0.1) is 11.3 Å². The first-order valence-corrected chi connectivity index (χ1v) is 9.86. The molecular weight excluding hydrogens is 356 g/mol. The molecule has 1 N–H and O–H groups in total. The summed E-state index contributed by atoms with van der Waals surface area (Å²) >= 11 is 1.63. The van der Waals surface area contributed by atoms with Gasteiger partial charge in [-0.05, 0) is 23.3 Å². The number of hydrogen-bond donors (Lipinski definition) is 1. The van der Waals surface area contributed by atoms with Gasteiger partial charge in [0, 0.05) is 33.1 Å². The number of benzene rings is 2. The summed E-state index contributed by atoms with van der Waals surface area (Å²) in [6, 6.07) is 14.8. The zero-order chi connectivity index (χ0) is 19.2. The topological polar surface area (TPSA) is 49.8 Å². The van der Waals surface area contributed by atoms with Gasteiger partial charge in [0.2, 0.25) is 0 Å². The molecule has 3 aromatic rings. The molecule has 0 spiro atoms. The van der Waals surface area contributed by atoms with E-state index in [1.807, 2.05) is 14.0 Å². The Morgan fingerprint density at radius 3 is 2.81 bits per heavy atom. The maximum absolute atomic E-state index is 5.34. The lowest BCUT2D eigenvalue weighted by atomic mass is 10.0. The molecule has 0 saturated carbocycles. The number of aliphatic imine (C=N–C) groups is 1. The molecule has 0 aliphatic heterocycles. The molecule has 27 heavy (non-hydrogen) atoms. The first-order valence-electron chi connectivity index (χ1n) is 8.98. The molecule has 0 aliphatic carbocycles. The number of guanidine groups is 1. The summed E-state index contributed by atoms with van der Waals surface area (Å²) in [5.41, 5.74) is 2.28. The van der Waals surface area contributed by atoms with Gasteiger partial charge in [-0.3, -0.25) is 4.99 Å². The van der Waals surface area contributed by atoms with Gasteiger partial charge < -0.3 is 15.0 Å². The lowest BCUT2D eigenvalue weighted by Gasteiger charge is -2.21. The molecule has 1 heterocycles. The second-order valence-corrected chi connectivity index (χ2v) is 7.34. The van der Waals surface area contributed by atoms with Gasteiger partial charge >= 0.3 is 0 Å². The van der Waals surface area contributed by atoms with Crippen LogP contribution in [-0.4, -0.2) is 37.0 Å². The van der Waals surface area contributed by atoms with Crippen molar-refractivity contribution in [2.24, 2.45) is 4.99 Å². The lowest BCUT2D eigenvalue weighted by Crippen LogP contribution is -2.38. The largest absolute Gasteiger partial charge is 0.375 e. The van der Waals surface area contributed by atoms with Crippen LogP contribution in [0.25, 0.3) is 10.8 Å². The van der Waals surface area contributed by atoms with E-state index < -0.39 is 0 Å². The highest BCUT2D eigenvalue weighted by molar-refractivity contribution is 7.09. The first-order chi connectivity index (χ1) is 13.1. The van der Waals surface area contributed by atoms with Crippen molar-refractivity contribution >= 4 is 28.1 Å². The minimum Gasteiger partial charge on any atom is -0.375 e. The van der Waals surface area contributed by atoms with Crippen molar-refractivity contribution in [3.63, 3.8) is 0 Å². The van der Waals surface area contributed by atoms with Crippen LogP contribution in [0.15, 0.2) is 52.8 Å². The molecule has 1 atom stereocenters. The summed E-state index contributed by atoms with van der Waals surface area (Å²) in [6.45, 7) is 3.43. The Kier molecular flexibility index (Phi) is 6.42. The van der Waals surface area contributed by atoms with Crippen molar-refractivity contribution in [3.05, 3.63) is 64.1 Å². The second-order valence-electron chi connectivity index (χ2n) is 6.45. The summed E-state index contributed by atoms with van der Waals surface area (Å²) in [5, 5.41) is 9.07. The fraction of sp³-hybridized carbons (Fsp3) is 0.333. The average Bonchev–Trinajstić information content (AvgIpc) is 3.16. The van der Waals surface area contributed by atoms with E-state index in [4.69, 9.17) is 4.74 Å². The third-order valence-electron chi connectivity index (χ3n) is 4.56. The molecule has 1 aromatic heterocycles. The SMILES string of the molecule is CN=C(NCc1cccc2ccccc12)N(C)Cc1csc(C(C)OC)n1. The Bertz CT molecular complexity index is 916. The van der Waals surface area contributed by atoms with Crippen molar-refractivity contribution in [2.75, 3.05) is 21.2 Å². The quantitative estimate of drug-likeness (QED) is 0.512. The number of nitrogens with zero attached hydrogens (tertiary/aromatic N) is 3. The number of ether oxygens (including phenoxy) is 1. The maximum Gasteiger partial charge on any atom is 0.194 e. The Morgan fingerprint density at radius 2 is 2.04 bits per heavy atom. The average molecular weight is 383 g/mol. The van der Waals surface area contributed by atoms with E-state index in [9.17, 15) is 0 Å². The molecule has 0 amide bonds. The summed E-state index contributed by atoms with van der Waals surface area (Å²) in [6.07, 6.45) is 0.0258. The van der Waals surface area contributed by atoms with Gasteiger partial charge in [0.25, 0.3) is 0 Å². The van der Waals surface area contributed by atoms with Crippen LogP contribution in [0.3, 0.4) is 0 Å². The van der Waals surface area contributed by atoms with Gasteiger partial charge in [0.15, 0.2) is 5.96 Å². The predicted molar refractivity (Wildman–Crippen MR) is 113 cm³/mol. The van der Waals surface area contributed by atoms with Crippen LogP contribution >= 0.6 is 11.3 Å². The van der Waals surface area contributed by atoms with E-state index >= 15 is 0 Å². The maximum atomic E-state index is 5.34. The van der Waals surface area contributed by atoms with Crippen LogP contribution in [0, 0.1) is 0 Å². The minimum absolute atomic E-state index is 0.0258.